The molecule has 5 aromatic rings. The number of hydrogen-bond donors (Lipinski definition) is 5. The third-order valence-electron chi connectivity index (χ3n) is 9.51. The van der Waals surface area contributed by atoms with Crippen molar-refractivity contribution in [2.24, 2.45) is 15.3 Å². The number of allylic oxidation sites excluding steroid dienone is 2. The lowest BCUT2D eigenvalue weighted by Gasteiger charge is -2.31. The molecule has 0 bridgehead atoms. The molecule has 5 N–H and O–H groups in total. The van der Waals surface area contributed by atoms with Gasteiger partial charge in [-0.15, -0.1) is 0 Å². The summed E-state index contributed by atoms with van der Waals surface area (Å²) >= 11 is 0. The summed E-state index contributed by atoms with van der Waals surface area (Å²) in [7, 11) is -3.79. The Labute approximate surface area is 385 Å². The van der Waals surface area contributed by atoms with Gasteiger partial charge in [-0.05, 0) is 105 Å². The molecule has 1 atom stereocenters. The number of aromatic carboxylic acids is 1. The van der Waals surface area contributed by atoms with Gasteiger partial charge in [0, 0.05) is 33.8 Å². The molecule has 0 spiro atoms. The van der Waals surface area contributed by atoms with Crippen molar-refractivity contribution >= 4 is 56.7 Å². The van der Waals surface area contributed by atoms with Crippen LogP contribution in [0.2, 0.25) is 0 Å². The number of phenols is 1. The van der Waals surface area contributed by atoms with Crippen LogP contribution in [-0.2, 0) is 35.3 Å². The van der Waals surface area contributed by atoms with Gasteiger partial charge in [0.2, 0.25) is 0 Å². The van der Waals surface area contributed by atoms with E-state index < -0.39 is 51.5 Å². The Kier molecular flexibility index (Phi) is 16.7. The largest absolute Gasteiger partial charge is 0.507 e. The molecule has 1 aliphatic rings. The van der Waals surface area contributed by atoms with Crippen molar-refractivity contribution in [2.75, 3.05) is 24.5 Å². The molecule has 0 saturated heterocycles. The maximum Gasteiger partial charge on any atom is 0.416 e. The number of halogens is 3. The van der Waals surface area contributed by atoms with Crippen molar-refractivity contribution < 1.29 is 60.5 Å². The van der Waals surface area contributed by atoms with E-state index in [0.717, 1.165) is 6.07 Å². The fraction of sp³-hybridized carbons (Fsp3) is 0.178. The zero-order valence-corrected chi connectivity index (χ0v) is 36.9. The number of dihydropyridines is 1. The first-order chi connectivity index (χ1) is 32.3. The van der Waals surface area contributed by atoms with E-state index in [1.54, 1.807) is 19.1 Å². The fourth-order valence-electron chi connectivity index (χ4n) is 6.47. The number of nitrogens with one attached hydrogen (secondary N) is 3. The lowest BCUT2D eigenvalue weighted by atomic mass is 9.78. The van der Waals surface area contributed by atoms with Crippen molar-refractivity contribution in [3.8, 4) is 5.75 Å². The number of alkyl halides is 3. The van der Waals surface area contributed by atoms with Gasteiger partial charge in [0.25, 0.3) is 15.9 Å². The van der Waals surface area contributed by atoms with Gasteiger partial charge in [0.1, 0.15) is 23.7 Å². The summed E-state index contributed by atoms with van der Waals surface area (Å²) in [6.07, 6.45) is -3.29. The number of carbonyl (C=O) groups is 4. The van der Waals surface area contributed by atoms with Gasteiger partial charge < -0.3 is 30.3 Å². The number of aromatic nitrogens is 1. The molecule has 0 aliphatic carbocycles. The number of carbonyl (C=O) groups excluding carboxylic acids is 3. The van der Waals surface area contributed by atoms with Crippen molar-refractivity contribution in [1.82, 2.24) is 15.6 Å². The van der Waals surface area contributed by atoms with Crippen LogP contribution in [0.25, 0.3) is 10.4 Å². The van der Waals surface area contributed by atoms with Gasteiger partial charge in [0.15, 0.2) is 0 Å². The zero-order chi connectivity index (χ0) is 49.6. The van der Waals surface area contributed by atoms with Gasteiger partial charge >= 0.3 is 24.1 Å². The van der Waals surface area contributed by atoms with Crippen LogP contribution in [0.1, 0.15) is 58.5 Å². The third-order valence-corrected chi connectivity index (χ3v) is 10.9. The van der Waals surface area contributed by atoms with Crippen LogP contribution in [0, 0.1) is 0 Å². The number of pyridine rings is 1. The molecule has 23 heteroatoms. The number of anilines is 1. The van der Waals surface area contributed by atoms with Gasteiger partial charge in [-0.2, -0.15) is 23.4 Å². The Morgan fingerprint density at radius 1 is 0.838 bits per heavy atom. The smallest absolute Gasteiger partial charge is 0.416 e. The number of carboxylic acid groups (broad SMARTS) is 1. The van der Waals surface area contributed by atoms with E-state index >= 15 is 0 Å². The summed E-state index contributed by atoms with van der Waals surface area (Å²) in [4.78, 5) is 56.1. The van der Waals surface area contributed by atoms with Crippen LogP contribution >= 0.6 is 0 Å². The number of azo groups is 1. The second-order valence-electron chi connectivity index (χ2n) is 14.1. The van der Waals surface area contributed by atoms with E-state index in [1.807, 2.05) is 0 Å². The summed E-state index contributed by atoms with van der Waals surface area (Å²) in [5.74, 6) is -5.20. The first-order valence-electron chi connectivity index (χ1n) is 20.0. The van der Waals surface area contributed by atoms with Gasteiger partial charge in [-0.25, -0.2) is 27.8 Å². The van der Waals surface area contributed by atoms with Crippen LogP contribution in [0.4, 0.5) is 36.1 Å². The summed E-state index contributed by atoms with van der Waals surface area (Å²) in [6, 6.07) is 24.8. The second-order valence-corrected chi connectivity index (χ2v) is 15.8. The van der Waals surface area contributed by atoms with E-state index in [4.69, 9.17) is 20.1 Å². The number of aromatic hydroxyl groups is 1. The topological polar surface area (TPSA) is 284 Å². The molecule has 4 aromatic carbocycles. The Balaban J connectivity index is 0.000000270. The predicted molar refractivity (Wildman–Crippen MR) is 239 cm³/mol. The van der Waals surface area contributed by atoms with Crippen LogP contribution in [-0.4, -0.2) is 67.2 Å². The number of amides is 1. The van der Waals surface area contributed by atoms with Crippen molar-refractivity contribution in [3.05, 3.63) is 171 Å². The normalized spacial score (nSPS) is 13.6. The molecule has 352 valence electrons. The summed E-state index contributed by atoms with van der Waals surface area (Å²) in [5, 5.41) is 35.2. The van der Waals surface area contributed by atoms with Crippen molar-refractivity contribution in [2.45, 2.75) is 37.8 Å². The molecule has 6 rings (SSSR count). The average molecular weight is 956 g/mol. The Morgan fingerprint density at radius 2 is 1.44 bits per heavy atom. The molecule has 0 radical (unpaired) electrons. The second kappa shape index (κ2) is 22.6. The highest BCUT2D eigenvalue weighted by molar-refractivity contribution is 7.92. The predicted octanol–water partition coefficient (Wildman–Crippen LogP) is 9.12. The average Bonchev–Trinajstić information content (AvgIpc) is 3.30. The third kappa shape index (κ3) is 13.0. The molecule has 0 fully saturated rings. The number of rotatable bonds is 15. The number of ether oxygens (including phenoxy) is 2. The van der Waals surface area contributed by atoms with Gasteiger partial charge in [-0.1, -0.05) is 41.5 Å². The number of nitrogens with zero attached hydrogens (tertiary/aromatic N) is 6. The molecule has 1 unspecified atom stereocenters. The molecule has 1 amide bonds. The van der Waals surface area contributed by atoms with E-state index in [2.05, 4.69) is 40.6 Å². The monoisotopic (exact) mass is 955 g/mol. The Bertz CT molecular complexity index is 2940. The van der Waals surface area contributed by atoms with Gasteiger partial charge in [0.05, 0.1) is 52.0 Å². The first-order valence-corrected chi connectivity index (χ1v) is 21.5. The van der Waals surface area contributed by atoms with E-state index in [9.17, 15) is 45.9 Å². The molecule has 0 saturated carbocycles. The number of benzene rings is 4. The summed E-state index contributed by atoms with van der Waals surface area (Å²) < 4.78 is 79.4. The molecule has 2 heterocycles. The number of esters is 2. The molecule has 1 aromatic heterocycles. The zero-order valence-electron chi connectivity index (χ0n) is 36.1. The maximum absolute atomic E-state index is 14.0. The first kappa shape index (κ1) is 50.4. The van der Waals surface area contributed by atoms with Crippen molar-refractivity contribution in [1.29, 1.82) is 0 Å². The lowest BCUT2D eigenvalue weighted by Crippen LogP contribution is -2.34. The molecular weight excluding hydrogens is 916 g/mol. The number of azide groups is 1. The van der Waals surface area contributed by atoms with Gasteiger partial charge in [-0.3, -0.25) is 9.52 Å². The fourth-order valence-corrected chi connectivity index (χ4v) is 7.47. The Hall–Kier alpha value is -8.56. The van der Waals surface area contributed by atoms with Crippen LogP contribution in [0.15, 0.2) is 158 Å². The standard InChI is InChI=1S/C27H26F3N5O5.C18H14N4O5S/c1-4-39-25(37)21-15(2)33-16(3)22(23(21)19-7-5-6-8-20(19)27(28,29)30)26(38)40-14-13-32-24(36)17-9-11-18(12-10-17)34-35-31;23-16-9-6-13(11-15(16)18(24)25)21-20-12-4-7-14(8-5-12)28(26,27)22-17-3-1-2-10-19-17/h5-12,23,33H,4,13-14H2,1-3H3,(H,32,36);1-11,23H,(H,19,22)(H,24,25). The molecule has 19 nitrogen and oxygen atoms in total. The highest BCUT2D eigenvalue weighted by Gasteiger charge is 2.43. The van der Waals surface area contributed by atoms with E-state index in [-0.39, 0.29) is 81.1 Å². The highest BCUT2D eigenvalue weighted by atomic mass is 32.2. The quantitative estimate of drug-likeness (QED) is 0.0216. The van der Waals surface area contributed by atoms with E-state index in [1.165, 1.54) is 111 Å². The molecular formula is C45H40F3N9O10S. The van der Waals surface area contributed by atoms with Crippen LogP contribution in [0.5, 0.6) is 5.75 Å². The molecule has 1 aliphatic heterocycles. The summed E-state index contributed by atoms with van der Waals surface area (Å²) in [5.41, 5.74) is 8.16. The SMILES string of the molecule is CCOC(=O)C1=C(C)NC(C)=C(C(=O)OCCNC(=O)c2ccc(N=[N+]=[N-])cc2)C1c1ccccc1C(F)(F)F.O=C(O)c1cc(N=Nc2ccc(S(=O)(=O)Nc3ccccn3)cc2)ccc1O. The number of carboxylic acids is 1. The number of sulfonamides is 1. The maximum atomic E-state index is 14.0. The number of hydrogen-bond acceptors (Lipinski definition) is 14. The van der Waals surface area contributed by atoms with Crippen LogP contribution in [0.3, 0.4) is 0 Å². The Morgan fingerprint density at radius 3 is 2.04 bits per heavy atom. The minimum absolute atomic E-state index is 0.0231. The lowest BCUT2D eigenvalue weighted by molar-refractivity contribution is -0.142. The minimum atomic E-state index is -4.76. The van der Waals surface area contributed by atoms with Crippen LogP contribution < -0.4 is 15.4 Å². The highest BCUT2D eigenvalue weighted by Crippen LogP contribution is 2.44. The van der Waals surface area contributed by atoms with E-state index in [0.29, 0.717) is 11.4 Å². The summed E-state index contributed by atoms with van der Waals surface area (Å²) in [6.45, 7) is 4.12. The molecule has 68 heavy (non-hydrogen) atoms. The van der Waals surface area contributed by atoms with Crippen molar-refractivity contribution in [3.63, 3.8) is 0 Å². The minimum Gasteiger partial charge on any atom is -0.507 e.